The normalized spacial score (nSPS) is 21.1. The Morgan fingerprint density at radius 3 is 2.55 bits per heavy atom. The van der Waals surface area contributed by atoms with Crippen molar-refractivity contribution in [1.82, 2.24) is 0 Å². The van der Waals surface area contributed by atoms with Crippen molar-refractivity contribution in [2.45, 2.75) is 64.4 Å². The number of benzene rings is 3. The molecule has 170 valence electrons. The molecule has 0 N–H and O–H groups in total. The van der Waals surface area contributed by atoms with Gasteiger partial charge in [0.15, 0.2) is 0 Å². The van der Waals surface area contributed by atoms with E-state index in [0.29, 0.717) is 10.9 Å². The summed E-state index contributed by atoms with van der Waals surface area (Å²) in [5.41, 5.74) is 5.05. The minimum absolute atomic E-state index is 0.0395. The van der Waals surface area contributed by atoms with Crippen molar-refractivity contribution >= 4 is 28.9 Å². The quantitative estimate of drug-likeness (QED) is 0.404. The Balaban J connectivity index is 1.65. The molecule has 0 spiro atoms. The van der Waals surface area contributed by atoms with Crippen molar-refractivity contribution in [2.75, 3.05) is 4.90 Å². The number of amides is 1. The van der Waals surface area contributed by atoms with Crippen molar-refractivity contribution in [3.63, 3.8) is 0 Å². The van der Waals surface area contributed by atoms with Gasteiger partial charge in [0.25, 0.3) is 0 Å². The Labute approximate surface area is 201 Å². The molecule has 1 atom stereocenters. The first-order valence-corrected chi connectivity index (χ1v) is 12.0. The zero-order chi connectivity index (χ0) is 23.5. The second kappa shape index (κ2) is 7.63. The Bertz CT molecular complexity index is 1260. The summed E-state index contributed by atoms with van der Waals surface area (Å²) in [5.74, 6) is 1.33. The van der Waals surface area contributed by atoms with E-state index in [2.05, 4.69) is 45.9 Å². The van der Waals surface area contributed by atoms with Crippen LogP contribution in [0.4, 0.5) is 11.4 Å². The van der Waals surface area contributed by atoms with E-state index in [4.69, 9.17) is 16.3 Å². The summed E-state index contributed by atoms with van der Waals surface area (Å²) in [7, 11) is 0. The average molecular weight is 460 g/mol. The third kappa shape index (κ3) is 3.54. The highest BCUT2D eigenvalue weighted by Crippen LogP contribution is 2.50. The minimum atomic E-state index is -0.837. The fourth-order valence-electron chi connectivity index (χ4n) is 5.08. The Morgan fingerprint density at radius 1 is 1.00 bits per heavy atom. The lowest BCUT2D eigenvalue weighted by Gasteiger charge is -2.34. The van der Waals surface area contributed by atoms with E-state index in [-0.39, 0.29) is 11.5 Å². The molecule has 4 heteroatoms. The zero-order valence-electron chi connectivity index (χ0n) is 19.9. The molecule has 0 aromatic heterocycles. The van der Waals surface area contributed by atoms with Gasteiger partial charge in [0, 0.05) is 10.7 Å². The maximum absolute atomic E-state index is 14.2. The SMILES string of the molecule is CC(C)c1cccc(N2C(=O)[C@@](C)(c3ccc4c(c3)CCC(C)(C)O4)c3cc(Cl)ccc32)c1. The van der Waals surface area contributed by atoms with E-state index < -0.39 is 5.41 Å². The number of aryl methyl sites for hydroxylation is 1. The molecule has 0 fully saturated rings. The van der Waals surface area contributed by atoms with Crippen LogP contribution in [0.5, 0.6) is 5.75 Å². The third-order valence-electron chi connectivity index (χ3n) is 7.18. The van der Waals surface area contributed by atoms with Crippen LogP contribution in [-0.4, -0.2) is 11.5 Å². The predicted molar refractivity (Wildman–Crippen MR) is 135 cm³/mol. The van der Waals surface area contributed by atoms with Gasteiger partial charge >= 0.3 is 0 Å². The first-order chi connectivity index (χ1) is 15.6. The number of nitrogens with zero attached hydrogens (tertiary/aromatic N) is 1. The van der Waals surface area contributed by atoms with Crippen LogP contribution in [-0.2, 0) is 16.6 Å². The van der Waals surface area contributed by atoms with Crippen molar-refractivity contribution in [3.05, 3.63) is 87.9 Å². The molecule has 0 bridgehead atoms. The molecule has 5 rings (SSSR count). The molecule has 3 aromatic carbocycles. The van der Waals surface area contributed by atoms with Crippen LogP contribution in [0.25, 0.3) is 0 Å². The number of hydrogen-bond acceptors (Lipinski definition) is 2. The second-order valence-electron chi connectivity index (χ2n) is 10.4. The topological polar surface area (TPSA) is 29.5 Å². The van der Waals surface area contributed by atoms with Gasteiger partial charge in [-0.25, -0.2) is 0 Å². The molecule has 2 heterocycles. The largest absolute Gasteiger partial charge is 0.488 e. The molecule has 1 amide bonds. The Morgan fingerprint density at radius 2 is 1.79 bits per heavy atom. The molecule has 0 saturated carbocycles. The maximum atomic E-state index is 14.2. The summed E-state index contributed by atoms with van der Waals surface area (Å²) in [6, 6.07) is 20.3. The highest BCUT2D eigenvalue weighted by molar-refractivity contribution is 6.31. The van der Waals surface area contributed by atoms with E-state index >= 15 is 0 Å². The Hall–Kier alpha value is -2.78. The fourth-order valence-corrected chi connectivity index (χ4v) is 5.25. The predicted octanol–water partition coefficient (Wildman–Crippen LogP) is 7.55. The highest BCUT2D eigenvalue weighted by atomic mass is 35.5. The van der Waals surface area contributed by atoms with Crippen LogP contribution >= 0.6 is 11.6 Å². The number of anilines is 2. The molecule has 2 aliphatic rings. The summed E-state index contributed by atoms with van der Waals surface area (Å²) in [5, 5.41) is 0.633. The minimum Gasteiger partial charge on any atom is -0.488 e. The molecule has 0 aliphatic carbocycles. The van der Waals surface area contributed by atoms with Crippen LogP contribution in [0.1, 0.15) is 69.2 Å². The molecule has 0 saturated heterocycles. The van der Waals surface area contributed by atoms with Gasteiger partial charge in [0.1, 0.15) is 11.4 Å². The standard InChI is InChI=1S/C29H30ClNO2/c1-18(2)19-7-6-8-23(16-19)31-25-11-10-22(30)17-24(25)29(5,27(31)32)21-9-12-26-20(15-21)13-14-28(3,4)33-26/h6-12,15-18H,13-14H2,1-5H3/t29-/m0/s1. The van der Waals surface area contributed by atoms with Gasteiger partial charge in [-0.1, -0.05) is 49.7 Å². The lowest BCUT2D eigenvalue weighted by molar-refractivity contribution is -0.120. The van der Waals surface area contributed by atoms with Crippen molar-refractivity contribution < 1.29 is 9.53 Å². The molecular weight excluding hydrogens is 430 g/mol. The lowest BCUT2D eigenvalue weighted by Crippen LogP contribution is -2.37. The van der Waals surface area contributed by atoms with Crippen molar-refractivity contribution in [3.8, 4) is 5.75 Å². The number of carbonyl (C=O) groups excluding carboxylic acids is 1. The molecule has 2 aliphatic heterocycles. The molecule has 3 nitrogen and oxygen atoms in total. The lowest BCUT2D eigenvalue weighted by atomic mass is 9.76. The fraction of sp³-hybridized carbons (Fsp3) is 0.345. The van der Waals surface area contributed by atoms with Gasteiger partial charge in [-0.2, -0.15) is 0 Å². The summed E-state index contributed by atoms with van der Waals surface area (Å²) >= 11 is 6.44. The van der Waals surface area contributed by atoms with Crippen molar-refractivity contribution in [2.24, 2.45) is 0 Å². The molecule has 0 unspecified atom stereocenters. The second-order valence-corrected chi connectivity index (χ2v) is 10.8. The van der Waals surface area contributed by atoms with E-state index in [1.165, 1.54) is 5.56 Å². The third-order valence-corrected chi connectivity index (χ3v) is 7.42. The van der Waals surface area contributed by atoms with Crippen LogP contribution in [0.2, 0.25) is 5.02 Å². The van der Waals surface area contributed by atoms with E-state index in [1.807, 2.05) is 54.3 Å². The zero-order valence-corrected chi connectivity index (χ0v) is 20.7. The number of carbonyl (C=O) groups is 1. The van der Waals surface area contributed by atoms with Crippen LogP contribution in [0, 0.1) is 0 Å². The smallest absolute Gasteiger partial charge is 0.246 e. The van der Waals surface area contributed by atoms with Crippen LogP contribution in [0.15, 0.2) is 60.7 Å². The molecule has 33 heavy (non-hydrogen) atoms. The molecule has 0 radical (unpaired) electrons. The number of rotatable bonds is 3. The van der Waals surface area contributed by atoms with E-state index in [0.717, 1.165) is 46.7 Å². The van der Waals surface area contributed by atoms with E-state index in [1.54, 1.807) is 0 Å². The van der Waals surface area contributed by atoms with Gasteiger partial charge in [-0.3, -0.25) is 9.69 Å². The summed E-state index contributed by atoms with van der Waals surface area (Å²) in [6.07, 6.45) is 1.88. The van der Waals surface area contributed by atoms with Gasteiger partial charge < -0.3 is 4.74 Å². The van der Waals surface area contributed by atoms with Crippen LogP contribution < -0.4 is 9.64 Å². The highest BCUT2D eigenvalue weighted by Gasteiger charge is 2.49. The summed E-state index contributed by atoms with van der Waals surface area (Å²) < 4.78 is 6.19. The first-order valence-electron chi connectivity index (χ1n) is 11.7. The maximum Gasteiger partial charge on any atom is 0.246 e. The van der Waals surface area contributed by atoms with Gasteiger partial charge in [-0.05, 0) is 98.2 Å². The number of fused-ring (bicyclic) bond motifs is 2. The number of ether oxygens (including phenoxy) is 1. The van der Waals surface area contributed by atoms with Crippen molar-refractivity contribution in [1.29, 1.82) is 0 Å². The van der Waals surface area contributed by atoms with E-state index in [9.17, 15) is 4.79 Å². The Kier molecular flexibility index (Phi) is 5.10. The van der Waals surface area contributed by atoms with Gasteiger partial charge in [0.05, 0.1) is 11.1 Å². The van der Waals surface area contributed by atoms with Gasteiger partial charge in [0.2, 0.25) is 5.91 Å². The number of halogens is 1. The molecule has 3 aromatic rings. The van der Waals surface area contributed by atoms with Gasteiger partial charge in [-0.15, -0.1) is 0 Å². The van der Waals surface area contributed by atoms with Crippen LogP contribution in [0.3, 0.4) is 0 Å². The summed E-state index contributed by atoms with van der Waals surface area (Å²) in [6.45, 7) is 10.6. The summed E-state index contributed by atoms with van der Waals surface area (Å²) in [4.78, 5) is 16.1. The monoisotopic (exact) mass is 459 g/mol. The average Bonchev–Trinajstić information content (AvgIpc) is 3.00. The number of hydrogen-bond donors (Lipinski definition) is 0. The first kappa shape index (κ1) is 22.0. The molecular formula is C29H30ClNO2.